The summed E-state index contributed by atoms with van der Waals surface area (Å²) in [6.07, 6.45) is 13.6. The second-order valence-corrected chi connectivity index (χ2v) is 4.18. The van der Waals surface area contributed by atoms with Gasteiger partial charge in [0, 0.05) is 17.9 Å². The molecule has 14 heavy (non-hydrogen) atoms. The number of allylic oxidation sites excluding steroid dienone is 5. The van der Waals surface area contributed by atoms with E-state index in [1.165, 1.54) is 16.9 Å². The monoisotopic (exact) mass is 186 g/mol. The van der Waals surface area contributed by atoms with Gasteiger partial charge in [-0.3, -0.25) is 0 Å². The minimum Gasteiger partial charge on any atom is -0.489 e. The molecule has 0 spiro atoms. The molecular formula is C13H14O. The van der Waals surface area contributed by atoms with E-state index >= 15 is 0 Å². The molecule has 1 heteroatoms. The van der Waals surface area contributed by atoms with Crippen LogP contribution in [0, 0.1) is 5.92 Å². The first-order valence-corrected chi connectivity index (χ1v) is 5.27. The normalized spacial score (nSPS) is 33.6. The Bertz CT molecular complexity index is 382. The number of ether oxygens (including phenoxy) is 1. The zero-order chi connectivity index (χ0) is 9.54. The topological polar surface area (TPSA) is 9.23 Å². The Kier molecular flexibility index (Phi) is 1.66. The highest BCUT2D eigenvalue weighted by Gasteiger charge is 2.36. The number of fused-ring (bicyclic) bond motifs is 2. The molecule has 1 nitrogen and oxygen atoms in total. The van der Waals surface area contributed by atoms with E-state index in [9.17, 15) is 0 Å². The molecule has 0 aromatic rings. The van der Waals surface area contributed by atoms with Crippen LogP contribution in [0.4, 0.5) is 0 Å². The van der Waals surface area contributed by atoms with Crippen molar-refractivity contribution in [3.63, 3.8) is 0 Å². The van der Waals surface area contributed by atoms with E-state index < -0.39 is 0 Å². The Morgan fingerprint density at radius 3 is 3.29 bits per heavy atom. The molecule has 3 rings (SSSR count). The molecule has 0 aromatic carbocycles. The first kappa shape index (κ1) is 8.10. The van der Waals surface area contributed by atoms with Crippen LogP contribution in [0.2, 0.25) is 0 Å². The molecule has 1 aliphatic heterocycles. The largest absolute Gasteiger partial charge is 0.489 e. The van der Waals surface area contributed by atoms with Crippen LogP contribution in [-0.2, 0) is 4.74 Å². The van der Waals surface area contributed by atoms with Crippen LogP contribution >= 0.6 is 0 Å². The summed E-state index contributed by atoms with van der Waals surface area (Å²) in [7, 11) is 0. The molecule has 2 aliphatic carbocycles. The molecule has 72 valence electrons. The summed E-state index contributed by atoms with van der Waals surface area (Å²) in [6.45, 7) is 2.16. The molecular weight excluding hydrogens is 172 g/mol. The summed E-state index contributed by atoms with van der Waals surface area (Å²) in [5, 5.41) is 0. The zero-order valence-electron chi connectivity index (χ0n) is 8.36. The minimum atomic E-state index is 0.285. The first-order chi connectivity index (χ1) is 6.86. The average molecular weight is 186 g/mol. The third-order valence-corrected chi connectivity index (χ3v) is 3.24. The Balaban J connectivity index is 2.00. The number of hydrogen-bond donors (Lipinski definition) is 0. The molecule has 0 bridgehead atoms. The number of hydrogen-bond acceptors (Lipinski definition) is 1. The molecule has 3 aliphatic rings. The predicted molar refractivity (Wildman–Crippen MR) is 56.7 cm³/mol. The van der Waals surface area contributed by atoms with Gasteiger partial charge in [-0.15, -0.1) is 0 Å². The van der Waals surface area contributed by atoms with E-state index in [1.54, 1.807) is 0 Å². The molecule has 2 atom stereocenters. The molecule has 0 saturated heterocycles. The van der Waals surface area contributed by atoms with Gasteiger partial charge in [0.25, 0.3) is 0 Å². The van der Waals surface area contributed by atoms with Gasteiger partial charge in [-0.1, -0.05) is 30.4 Å². The van der Waals surface area contributed by atoms with Gasteiger partial charge in [-0.25, -0.2) is 0 Å². The lowest BCUT2D eigenvalue weighted by Gasteiger charge is -2.21. The van der Waals surface area contributed by atoms with Crippen LogP contribution in [0.3, 0.4) is 0 Å². The fraction of sp³-hybridized carbons (Fsp3) is 0.385. The van der Waals surface area contributed by atoms with Gasteiger partial charge in [0.15, 0.2) is 0 Å². The Morgan fingerprint density at radius 2 is 2.36 bits per heavy atom. The molecule has 0 amide bonds. The van der Waals surface area contributed by atoms with E-state index in [0.29, 0.717) is 5.92 Å². The fourth-order valence-electron chi connectivity index (χ4n) is 2.48. The number of rotatable bonds is 0. The molecule has 0 fully saturated rings. The van der Waals surface area contributed by atoms with Crippen molar-refractivity contribution in [2.45, 2.75) is 25.9 Å². The summed E-state index contributed by atoms with van der Waals surface area (Å²) < 4.78 is 5.99. The summed E-state index contributed by atoms with van der Waals surface area (Å²) in [5.41, 5.74) is 2.75. The van der Waals surface area contributed by atoms with Crippen molar-refractivity contribution in [1.29, 1.82) is 0 Å². The highest BCUT2D eigenvalue weighted by molar-refractivity contribution is 5.42. The SMILES string of the molecule is CC1=CC=CC2C3=C(CCC=C3)OC12. The van der Waals surface area contributed by atoms with Crippen molar-refractivity contribution in [3.05, 3.63) is 47.3 Å². The van der Waals surface area contributed by atoms with Gasteiger partial charge in [0.2, 0.25) is 0 Å². The smallest absolute Gasteiger partial charge is 0.130 e. The lowest BCUT2D eigenvalue weighted by atomic mass is 9.86. The minimum absolute atomic E-state index is 0.285. The van der Waals surface area contributed by atoms with Gasteiger partial charge in [-0.2, -0.15) is 0 Å². The Labute approximate surface area is 84.5 Å². The standard InChI is InChI=1S/C13H14O/c1-9-5-4-7-11-10-6-2-3-8-12(10)14-13(9)11/h2,4-7,11,13H,3,8H2,1H3. The average Bonchev–Trinajstić information content (AvgIpc) is 2.59. The van der Waals surface area contributed by atoms with Gasteiger partial charge >= 0.3 is 0 Å². The van der Waals surface area contributed by atoms with Crippen LogP contribution in [0.5, 0.6) is 0 Å². The third-order valence-electron chi connectivity index (χ3n) is 3.24. The highest BCUT2D eigenvalue weighted by atomic mass is 16.5. The van der Waals surface area contributed by atoms with Crippen molar-refractivity contribution in [2.75, 3.05) is 0 Å². The molecule has 2 unspecified atom stereocenters. The third kappa shape index (κ3) is 1.02. The van der Waals surface area contributed by atoms with E-state index in [-0.39, 0.29) is 6.10 Å². The van der Waals surface area contributed by atoms with Crippen molar-refractivity contribution >= 4 is 0 Å². The molecule has 0 N–H and O–H groups in total. The van der Waals surface area contributed by atoms with Crippen LogP contribution in [0.15, 0.2) is 47.3 Å². The fourth-order valence-corrected chi connectivity index (χ4v) is 2.48. The van der Waals surface area contributed by atoms with Crippen molar-refractivity contribution < 1.29 is 4.74 Å². The van der Waals surface area contributed by atoms with Crippen LogP contribution in [0.1, 0.15) is 19.8 Å². The second-order valence-electron chi connectivity index (χ2n) is 4.18. The lowest BCUT2D eigenvalue weighted by Crippen LogP contribution is -2.19. The van der Waals surface area contributed by atoms with Crippen molar-refractivity contribution in [2.24, 2.45) is 5.92 Å². The quantitative estimate of drug-likeness (QED) is 0.564. The van der Waals surface area contributed by atoms with Gasteiger partial charge < -0.3 is 4.74 Å². The molecule has 0 radical (unpaired) electrons. The highest BCUT2D eigenvalue weighted by Crippen LogP contribution is 2.41. The summed E-state index contributed by atoms with van der Waals surface area (Å²) in [4.78, 5) is 0. The Morgan fingerprint density at radius 1 is 1.43 bits per heavy atom. The van der Waals surface area contributed by atoms with Crippen LogP contribution < -0.4 is 0 Å². The van der Waals surface area contributed by atoms with Gasteiger partial charge in [-0.05, 0) is 18.9 Å². The van der Waals surface area contributed by atoms with Crippen molar-refractivity contribution in [3.8, 4) is 0 Å². The van der Waals surface area contributed by atoms with Crippen LogP contribution in [-0.4, -0.2) is 6.10 Å². The van der Waals surface area contributed by atoms with Crippen LogP contribution in [0.25, 0.3) is 0 Å². The maximum absolute atomic E-state index is 5.99. The summed E-state index contributed by atoms with van der Waals surface area (Å²) >= 11 is 0. The molecule has 0 aromatic heterocycles. The zero-order valence-corrected chi connectivity index (χ0v) is 8.36. The van der Waals surface area contributed by atoms with Crippen molar-refractivity contribution in [1.82, 2.24) is 0 Å². The Hall–Kier alpha value is -1.24. The maximum atomic E-state index is 5.99. The molecule has 0 saturated carbocycles. The van der Waals surface area contributed by atoms with Gasteiger partial charge in [0.05, 0.1) is 0 Å². The second kappa shape index (κ2) is 2.88. The molecule has 1 heterocycles. The predicted octanol–water partition coefficient (Wildman–Crippen LogP) is 3.12. The van der Waals surface area contributed by atoms with Gasteiger partial charge in [0.1, 0.15) is 11.9 Å². The summed E-state index contributed by atoms with van der Waals surface area (Å²) in [5.74, 6) is 1.70. The van der Waals surface area contributed by atoms with E-state index in [0.717, 1.165) is 12.8 Å². The summed E-state index contributed by atoms with van der Waals surface area (Å²) in [6, 6.07) is 0. The maximum Gasteiger partial charge on any atom is 0.130 e. The van der Waals surface area contributed by atoms with E-state index in [1.807, 2.05) is 0 Å². The lowest BCUT2D eigenvalue weighted by molar-refractivity contribution is 0.148. The van der Waals surface area contributed by atoms with E-state index in [2.05, 4.69) is 37.3 Å². The first-order valence-electron chi connectivity index (χ1n) is 5.27. The van der Waals surface area contributed by atoms with E-state index in [4.69, 9.17) is 4.74 Å².